The Balaban J connectivity index is 2.12. The number of nitrogens with one attached hydrogen (secondary N) is 1. The molecule has 1 amide bonds. The lowest BCUT2D eigenvalue weighted by Gasteiger charge is -2.19. The van der Waals surface area contributed by atoms with Crippen LogP contribution >= 0.6 is 0 Å². The summed E-state index contributed by atoms with van der Waals surface area (Å²) in [6, 6.07) is 10.0. The van der Waals surface area contributed by atoms with Gasteiger partial charge in [0.25, 0.3) is 5.91 Å². The van der Waals surface area contributed by atoms with Crippen LogP contribution in [-0.4, -0.2) is 37.8 Å². The summed E-state index contributed by atoms with van der Waals surface area (Å²) in [7, 11) is 3.00. The van der Waals surface area contributed by atoms with Crippen molar-refractivity contribution >= 4 is 11.9 Å². The van der Waals surface area contributed by atoms with Gasteiger partial charge >= 0.3 is 5.97 Å². The summed E-state index contributed by atoms with van der Waals surface area (Å²) >= 11 is 0. The minimum Gasteiger partial charge on any atom is -0.493 e. The molecular weight excluding hydrogens is 362 g/mol. The van der Waals surface area contributed by atoms with E-state index >= 15 is 0 Å². The number of carbonyl (C=O) groups excluding carboxylic acids is 1. The number of ether oxygens (including phenoxy) is 3. The van der Waals surface area contributed by atoms with Gasteiger partial charge in [0.1, 0.15) is 5.75 Å². The minimum atomic E-state index is -1.03. The fourth-order valence-corrected chi connectivity index (χ4v) is 2.74. The molecule has 0 saturated heterocycles. The van der Waals surface area contributed by atoms with Crippen molar-refractivity contribution in [3.05, 3.63) is 53.1 Å². The second-order valence-electron chi connectivity index (χ2n) is 6.39. The number of benzene rings is 2. The molecule has 0 bridgehead atoms. The van der Waals surface area contributed by atoms with Gasteiger partial charge in [-0.3, -0.25) is 9.59 Å². The number of carbonyl (C=O) groups is 2. The van der Waals surface area contributed by atoms with Crippen molar-refractivity contribution < 1.29 is 28.9 Å². The van der Waals surface area contributed by atoms with Crippen LogP contribution in [0.15, 0.2) is 36.4 Å². The zero-order chi connectivity index (χ0) is 20.7. The Labute approximate surface area is 164 Å². The van der Waals surface area contributed by atoms with Crippen LogP contribution in [0.2, 0.25) is 0 Å². The Morgan fingerprint density at radius 3 is 2.36 bits per heavy atom. The van der Waals surface area contributed by atoms with Crippen LogP contribution in [-0.2, 0) is 9.59 Å². The molecule has 0 aliphatic rings. The third-order valence-electron chi connectivity index (χ3n) is 4.23. The van der Waals surface area contributed by atoms with Crippen molar-refractivity contribution in [2.24, 2.45) is 0 Å². The predicted octanol–water partition coefficient (Wildman–Crippen LogP) is 3.03. The van der Waals surface area contributed by atoms with E-state index in [0.29, 0.717) is 22.8 Å². The fourth-order valence-electron chi connectivity index (χ4n) is 2.74. The van der Waals surface area contributed by atoms with Gasteiger partial charge in [0.15, 0.2) is 18.1 Å². The van der Waals surface area contributed by atoms with E-state index in [1.165, 1.54) is 14.2 Å². The number of hydrogen-bond acceptors (Lipinski definition) is 5. The van der Waals surface area contributed by atoms with Gasteiger partial charge in [-0.1, -0.05) is 18.2 Å². The number of carboxylic acid groups (broad SMARTS) is 1. The standard InChI is InChI=1S/C21H25NO6/c1-13-5-6-14(2)18(9-13)28-12-20(23)22-16(11-21(24)25)15-7-8-17(26-3)19(10-15)27-4/h5-10,16H,11-12H2,1-4H3,(H,22,23)(H,24,25)/t16-/m0/s1. The van der Waals surface area contributed by atoms with Crippen LogP contribution in [0.3, 0.4) is 0 Å². The van der Waals surface area contributed by atoms with E-state index in [1.807, 2.05) is 32.0 Å². The van der Waals surface area contributed by atoms with Crippen LogP contribution in [0.5, 0.6) is 17.2 Å². The van der Waals surface area contributed by atoms with E-state index in [-0.39, 0.29) is 13.0 Å². The zero-order valence-corrected chi connectivity index (χ0v) is 16.4. The quantitative estimate of drug-likeness (QED) is 0.687. The van der Waals surface area contributed by atoms with Gasteiger partial charge < -0.3 is 24.6 Å². The lowest BCUT2D eigenvalue weighted by atomic mass is 10.0. The zero-order valence-electron chi connectivity index (χ0n) is 16.4. The number of methoxy groups -OCH3 is 2. The molecule has 0 saturated carbocycles. The van der Waals surface area contributed by atoms with Crippen molar-refractivity contribution in [3.8, 4) is 17.2 Å². The largest absolute Gasteiger partial charge is 0.493 e. The van der Waals surface area contributed by atoms with E-state index in [0.717, 1.165) is 11.1 Å². The van der Waals surface area contributed by atoms with Gasteiger partial charge in [-0.2, -0.15) is 0 Å². The minimum absolute atomic E-state index is 0.215. The molecule has 0 aromatic heterocycles. The maximum Gasteiger partial charge on any atom is 0.305 e. The summed E-state index contributed by atoms with van der Waals surface area (Å²) in [5.74, 6) is 0.148. The first-order valence-electron chi connectivity index (χ1n) is 8.77. The Morgan fingerprint density at radius 2 is 1.71 bits per heavy atom. The first-order valence-corrected chi connectivity index (χ1v) is 8.77. The highest BCUT2D eigenvalue weighted by Gasteiger charge is 2.20. The molecule has 2 aromatic rings. The molecule has 0 fully saturated rings. The summed E-state index contributed by atoms with van der Waals surface area (Å²) in [6.07, 6.45) is -0.273. The number of hydrogen-bond donors (Lipinski definition) is 2. The normalized spacial score (nSPS) is 11.4. The van der Waals surface area contributed by atoms with E-state index < -0.39 is 17.9 Å². The highest BCUT2D eigenvalue weighted by Crippen LogP contribution is 2.31. The highest BCUT2D eigenvalue weighted by molar-refractivity contribution is 5.79. The van der Waals surface area contributed by atoms with Crippen molar-refractivity contribution in [1.82, 2.24) is 5.32 Å². The maximum absolute atomic E-state index is 12.4. The first kappa shape index (κ1) is 21.1. The molecule has 1 atom stereocenters. The van der Waals surface area contributed by atoms with Crippen molar-refractivity contribution in [2.45, 2.75) is 26.3 Å². The maximum atomic E-state index is 12.4. The molecule has 150 valence electrons. The average Bonchev–Trinajstić information content (AvgIpc) is 2.67. The van der Waals surface area contributed by atoms with E-state index in [2.05, 4.69) is 5.32 Å². The van der Waals surface area contributed by atoms with Crippen molar-refractivity contribution in [2.75, 3.05) is 20.8 Å². The molecule has 0 unspecified atom stereocenters. The summed E-state index contributed by atoms with van der Waals surface area (Å²) in [5.41, 5.74) is 2.54. The van der Waals surface area contributed by atoms with Crippen LogP contribution in [0, 0.1) is 13.8 Å². The molecule has 7 heteroatoms. The van der Waals surface area contributed by atoms with Gasteiger partial charge in [0, 0.05) is 0 Å². The molecule has 0 radical (unpaired) electrons. The fraction of sp³-hybridized carbons (Fsp3) is 0.333. The van der Waals surface area contributed by atoms with Gasteiger partial charge in [0.2, 0.25) is 0 Å². The van der Waals surface area contributed by atoms with Crippen LogP contribution in [0.25, 0.3) is 0 Å². The van der Waals surface area contributed by atoms with Crippen LogP contribution < -0.4 is 19.5 Å². The summed E-state index contributed by atoms with van der Waals surface area (Å²) in [5, 5.41) is 11.9. The van der Waals surface area contributed by atoms with Gasteiger partial charge in [0.05, 0.1) is 26.7 Å². The third kappa shape index (κ3) is 5.64. The third-order valence-corrected chi connectivity index (χ3v) is 4.23. The average molecular weight is 387 g/mol. The number of amides is 1. The van der Waals surface area contributed by atoms with Crippen LogP contribution in [0.1, 0.15) is 29.2 Å². The van der Waals surface area contributed by atoms with E-state index in [4.69, 9.17) is 14.2 Å². The molecule has 0 aliphatic carbocycles. The Hall–Kier alpha value is -3.22. The van der Waals surface area contributed by atoms with Crippen molar-refractivity contribution in [3.63, 3.8) is 0 Å². The molecule has 0 heterocycles. The van der Waals surface area contributed by atoms with Gasteiger partial charge in [-0.25, -0.2) is 0 Å². The monoisotopic (exact) mass is 387 g/mol. The molecule has 2 aromatic carbocycles. The number of rotatable bonds is 9. The van der Waals surface area contributed by atoms with Gasteiger partial charge in [-0.05, 0) is 48.7 Å². The Bertz CT molecular complexity index is 849. The number of carboxylic acids is 1. The smallest absolute Gasteiger partial charge is 0.305 e. The lowest BCUT2D eigenvalue weighted by Crippen LogP contribution is -2.34. The van der Waals surface area contributed by atoms with Crippen molar-refractivity contribution in [1.29, 1.82) is 0 Å². The summed E-state index contributed by atoms with van der Waals surface area (Å²) in [4.78, 5) is 23.6. The molecule has 28 heavy (non-hydrogen) atoms. The Kier molecular flexibility index (Phi) is 7.26. The number of aryl methyl sites for hydroxylation is 2. The topological polar surface area (TPSA) is 94.1 Å². The second-order valence-corrected chi connectivity index (χ2v) is 6.39. The van der Waals surface area contributed by atoms with Gasteiger partial charge in [-0.15, -0.1) is 0 Å². The summed E-state index contributed by atoms with van der Waals surface area (Å²) < 4.78 is 16.0. The van der Waals surface area contributed by atoms with E-state index in [1.54, 1.807) is 18.2 Å². The highest BCUT2D eigenvalue weighted by atomic mass is 16.5. The van der Waals surface area contributed by atoms with E-state index in [9.17, 15) is 14.7 Å². The molecule has 0 spiro atoms. The Morgan fingerprint density at radius 1 is 1.00 bits per heavy atom. The second kappa shape index (κ2) is 9.64. The molecule has 2 rings (SSSR count). The summed E-state index contributed by atoms with van der Waals surface area (Å²) in [6.45, 7) is 3.61. The van der Waals surface area contributed by atoms with Crippen LogP contribution in [0.4, 0.5) is 0 Å². The SMILES string of the molecule is COc1ccc([C@H](CC(=O)O)NC(=O)COc2cc(C)ccc2C)cc1OC. The molecular formula is C21H25NO6. The molecule has 7 nitrogen and oxygen atoms in total. The predicted molar refractivity (Wildman–Crippen MR) is 104 cm³/mol. The first-order chi connectivity index (χ1) is 13.3. The lowest BCUT2D eigenvalue weighted by molar-refractivity contribution is -0.137. The molecule has 0 aliphatic heterocycles. The molecule has 2 N–H and O–H groups in total. The number of aliphatic carboxylic acids is 1.